The van der Waals surface area contributed by atoms with Crippen LogP contribution in [0.2, 0.25) is 0 Å². The molecule has 0 spiro atoms. The van der Waals surface area contributed by atoms with E-state index < -0.39 is 139 Å². The Bertz CT molecular complexity index is 2450. The molecule has 77 heavy (non-hydrogen) atoms. The SMILES string of the molecule is COc1ccc(CC2NC(=O)[C@@H](N)CSSCC(C(=O)N3CCC[C@H]3C(=O)N[C@H](CCCCN=C(N)N)C(=O)NCC(N)=O)NC(=O)[C@H](CC(N)=O)NC(=O)[C@H](CCC(N)=O)NC(=O)C(Cc3ccccc3)NC2=O)cc1. The number of carbonyl (C=O) groups excluding carboxylic acids is 11. The molecule has 4 rings (SSSR count). The van der Waals surface area contributed by atoms with E-state index in [9.17, 15) is 52.7 Å². The second kappa shape index (κ2) is 31.4. The number of hydrogen-bond acceptors (Lipinski definition) is 16. The highest BCUT2D eigenvalue weighted by Crippen LogP contribution is 2.26. The van der Waals surface area contributed by atoms with Crippen molar-refractivity contribution in [3.63, 3.8) is 0 Å². The number of hydrogen-bond donors (Lipinski definition) is 13. The zero-order chi connectivity index (χ0) is 56.6. The largest absolute Gasteiger partial charge is 0.497 e. The Labute approximate surface area is 452 Å². The normalized spacial score (nSPS) is 22.3. The van der Waals surface area contributed by atoms with Crippen molar-refractivity contribution in [1.82, 2.24) is 42.1 Å². The van der Waals surface area contributed by atoms with E-state index in [2.05, 4.69) is 42.2 Å². The van der Waals surface area contributed by atoms with Crippen LogP contribution in [-0.2, 0) is 65.6 Å². The second-order valence-corrected chi connectivity index (χ2v) is 20.7. The lowest BCUT2D eigenvalue weighted by Gasteiger charge is -2.31. The number of benzene rings is 2. The number of nitrogens with zero attached hydrogens (tertiary/aromatic N) is 2. The molecular formula is C48H69N15O12S2. The van der Waals surface area contributed by atoms with Crippen molar-refractivity contribution in [2.45, 2.75) is 113 Å². The van der Waals surface area contributed by atoms with Gasteiger partial charge in [-0.15, -0.1) is 0 Å². The minimum Gasteiger partial charge on any atom is -0.497 e. The van der Waals surface area contributed by atoms with Crippen LogP contribution in [0.3, 0.4) is 0 Å². The molecule has 2 aromatic carbocycles. The highest BCUT2D eigenvalue weighted by molar-refractivity contribution is 8.76. The second-order valence-electron chi connectivity index (χ2n) is 18.1. The average molecular weight is 1110 g/mol. The van der Waals surface area contributed by atoms with Gasteiger partial charge in [0.05, 0.1) is 26.1 Å². The first-order valence-corrected chi connectivity index (χ1v) is 27.1. The molecule has 27 nitrogen and oxygen atoms in total. The topological polar surface area (TPSA) is 453 Å². The van der Waals surface area contributed by atoms with Gasteiger partial charge in [0.15, 0.2) is 5.96 Å². The number of nitrogens with two attached hydrogens (primary N) is 6. The van der Waals surface area contributed by atoms with Crippen molar-refractivity contribution >= 4 is 92.5 Å². The summed E-state index contributed by atoms with van der Waals surface area (Å²) in [5.74, 6) is -9.60. The summed E-state index contributed by atoms with van der Waals surface area (Å²) in [5.41, 5.74) is 34.6. The molecule has 2 aromatic rings. The van der Waals surface area contributed by atoms with E-state index in [1.807, 2.05) is 0 Å². The highest BCUT2D eigenvalue weighted by atomic mass is 33.1. The summed E-state index contributed by atoms with van der Waals surface area (Å²) in [6.07, 6.45) is -0.602. The van der Waals surface area contributed by atoms with Crippen LogP contribution in [0, 0.1) is 0 Å². The van der Waals surface area contributed by atoms with Gasteiger partial charge in [0.1, 0.15) is 48.0 Å². The minimum atomic E-state index is -1.79. The van der Waals surface area contributed by atoms with E-state index in [4.69, 9.17) is 39.1 Å². The summed E-state index contributed by atoms with van der Waals surface area (Å²) in [5, 5.41) is 18.0. The van der Waals surface area contributed by atoms with Crippen LogP contribution in [0.4, 0.5) is 0 Å². The van der Waals surface area contributed by atoms with E-state index in [1.54, 1.807) is 54.6 Å². The van der Waals surface area contributed by atoms with Crippen molar-refractivity contribution < 1.29 is 57.5 Å². The number of guanidine groups is 1. The Balaban J connectivity index is 1.70. The summed E-state index contributed by atoms with van der Waals surface area (Å²) in [4.78, 5) is 154. The number of amides is 11. The number of methoxy groups -OCH3 is 1. The third-order valence-electron chi connectivity index (χ3n) is 12.1. The van der Waals surface area contributed by atoms with Gasteiger partial charge in [-0.1, -0.05) is 64.1 Å². The number of rotatable bonds is 21. The van der Waals surface area contributed by atoms with Gasteiger partial charge in [0.25, 0.3) is 0 Å². The molecule has 2 fully saturated rings. The van der Waals surface area contributed by atoms with Crippen molar-refractivity contribution in [1.29, 1.82) is 0 Å². The maximum absolute atomic E-state index is 14.7. The van der Waals surface area contributed by atoms with Crippen molar-refractivity contribution in [2.75, 3.05) is 38.2 Å². The fourth-order valence-electron chi connectivity index (χ4n) is 8.09. The Hall–Kier alpha value is -7.66. The molecule has 0 bridgehead atoms. The smallest absolute Gasteiger partial charge is 0.246 e. The molecule has 2 aliphatic rings. The molecule has 29 heteroatoms. The minimum absolute atomic E-state index is 0.0163. The van der Waals surface area contributed by atoms with Crippen LogP contribution in [0.25, 0.3) is 0 Å². The molecule has 11 amide bonds. The summed E-state index contributed by atoms with van der Waals surface area (Å²) < 4.78 is 5.27. The Morgan fingerprint density at radius 3 is 1.91 bits per heavy atom. The van der Waals surface area contributed by atoms with Crippen LogP contribution < -0.4 is 76.4 Å². The Morgan fingerprint density at radius 2 is 1.30 bits per heavy atom. The number of primary amides is 3. The van der Waals surface area contributed by atoms with Gasteiger partial charge in [-0.3, -0.25) is 57.7 Å². The molecule has 2 saturated heterocycles. The molecule has 0 aliphatic carbocycles. The maximum Gasteiger partial charge on any atom is 0.246 e. The Kier molecular flexibility index (Phi) is 25.2. The van der Waals surface area contributed by atoms with Crippen LogP contribution in [0.5, 0.6) is 5.75 Å². The number of aliphatic imine (C=N–C) groups is 1. The molecule has 2 aliphatic heterocycles. The quantitative estimate of drug-likeness (QED) is 0.0242. The monoisotopic (exact) mass is 1110 g/mol. The number of carbonyl (C=O) groups is 11. The summed E-state index contributed by atoms with van der Waals surface area (Å²) in [6, 6.07) is 3.93. The zero-order valence-corrected chi connectivity index (χ0v) is 44.1. The number of unbranched alkanes of at least 4 members (excludes halogenated alkanes) is 1. The van der Waals surface area contributed by atoms with E-state index in [-0.39, 0.29) is 56.2 Å². The van der Waals surface area contributed by atoms with Gasteiger partial charge in [-0.25, -0.2) is 0 Å². The molecular weight excluding hydrogens is 1040 g/mol. The molecule has 3 unspecified atom stereocenters. The van der Waals surface area contributed by atoms with Crippen molar-refractivity contribution in [3.8, 4) is 5.75 Å². The lowest BCUT2D eigenvalue weighted by atomic mass is 10.0. The first-order valence-electron chi connectivity index (χ1n) is 24.6. The summed E-state index contributed by atoms with van der Waals surface area (Å²) in [6.45, 7) is -0.268. The van der Waals surface area contributed by atoms with Gasteiger partial charge in [0, 0.05) is 43.9 Å². The lowest BCUT2D eigenvalue weighted by molar-refractivity contribution is -0.142. The summed E-state index contributed by atoms with van der Waals surface area (Å²) in [7, 11) is 3.51. The molecule has 2 heterocycles. The van der Waals surface area contributed by atoms with Gasteiger partial charge in [0.2, 0.25) is 65.0 Å². The molecule has 0 aromatic heterocycles. The van der Waals surface area contributed by atoms with Gasteiger partial charge in [-0.05, 0) is 61.8 Å². The van der Waals surface area contributed by atoms with E-state index in [0.29, 0.717) is 36.1 Å². The zero-order valence-electron chi connectivity index (χ0n) is 42.5. The first kappa shape index (κ1) is 61.9. The average Bonchev–Trinajstić information content (AvgIpc) is 3.89. The van der Waals surface area contributed by atoms with E-state index >= 15 is 0 Å². The number of nitrogens with one attached hydrogen (secondary N) is 7. The number of ether oxygens (including phenoxy) is 1. The predicted octanol–water partition coefficient (Wildman–Crippen LogP) is -4.71. The predicted molar refractivity (Wildman–Crippen MR) is 285 cm³/mol. The van der Waals surface area contributed by atoms with E-state index in [0.717, 1.165) is 21.6 Å². The molecule has 8 atom stereocenters. The molecule has 0 radical (unpaired) electrons. The van der Waals surface area contributed by atoms with Gasteiger partial charge in [-0.2, -0.15) is 0 Å². The number of likely N-dealkylation sites (tertiary alicyclic amines) is 1. The standard InChI is InChI=1S/C48H69N15O12S2/c1-75-28-14-12-27(13-15-28)21-32-44(71)60-33(20-26-8-3-2-4-9-26)43(70)57-31(16-17-37(50)64)42(69)61-34(22-38(51)65)45(72)62-35(25-77-76-24-29(49)40(67)59-32)47(74)63-19-7-11-36(63)46(73)58-30(41(68)56-23-39(52)66)10-5-6-18-55-48(53)54/h2-4,8-9,12-15,29-36H,5-7,10-11,16-25,49H2,1H3,(H2,50,64)(H2,51,65)(H2,52,66)(H,56,68)(H,57,70)(H,58,73)(H,59,67)(H,60,71)(H,61,69)(H,62,72)(H4,53,54,55)/t29-,30+,31-,32?,33?,34-,35?,36-/m0/s1. The molecule has 19 N–H and O–H groups in total. The highest BCUT2D eigenvalue weighted by Gasteiger charge is 2.40. The third-order valence-corrected chi connectivity index (χ3v) is 14.6. The fraction of sp³-hybridized carbons (Fsp3) is 0.500. The lowest BCUT2D eigenvalue weighted by Crippen LogP contribution is -2.61. The first-order chi connectivity index (χ1) is 36.6. The third kappa shape index (κ3) is 21.1. The van der Waals surface area contributed by atoms with Gasteiger partial charge < -0.3 is 81.3 Å². The molecule has 0 saturated carbocycles. The fourth-order valence-corrected chi connectivity index (χ4v) is 10.4. The van der Waals surface area contributed by atoms with Crippen LogP contribution in [0.1, 0.15) is 62.5 Å². The van der Waals surface area contributed by atoms with Crippen LogP contribution in [0.15, 0.2) is 59.6 Å². The van der Waals surface area contributed by atoms with Crippen molar-refractivity contribution in [3.05, 3.63) is 65.7 Å². The van der Waals surface area contributed by atoms with Crippen LogP contribution >= 0.6 is 21.6 Å². The van der Waals surface area contributed by atoms with Gasteiger partial charge >= 0.3 is 0 Å². The van der Waals surface area contributed by atoms with Crippen molar-refractivity contribution in [2.24, 2.45) is 39.4 Å². The Morgan fingerprint density at radius 1 is 0.714 bits per heavy atom. The summed E-state index contributed by atoms with van der Waals surface area (Å²) >= 11 is 0. The van der Waals surface area contributed by atoms with E-state index in [1.165, 1.54) is 12.0 Å². The van der Waals surface area contributed by atoms with Crippen LogP contribution in [-0.4, -0.2) is 162 Å². The molecule has 420 valence electrons. The maximum atomic E-state index is 14.7.